The number of anilines is 2. The minimum absolute atomic E-state index is 0.00580. The molecule has 1 aromatic heterocycles. The zero-order chi connectivity index (χ0) is 17.3. The second-order valence-electron chi connectivity index (χ2n) is 5.45. The Hall–Kier alpha value is -2.71. The van der Waals surface area contributed by atoms with Gasteiger partial charge in [0.05, 0.1) is 27.5 Å². The summed E-state index contributed by atoms with van der Waals surface area (Å²) in [5.74, 6) is 0. The molecule has 8 heteroatoms. The molecule has 0 aliphatic carbocycles. The van der Waals surface area contributed by atoms with Crippen molar-refractivity contribution in [3.63, 3.8) is 0 Å². The summed E-state index contributed by atoms with van der Waals surface area (Å²) >= 11 is 9.19. The number of rotatable bonds is 0. The van der Waals surface area contributed by atoms with Crippen molar-refractivity contribution in [3.05, 3.63) is 59.7 Å². The maximum absolute atomic E-state index is 12.8. The van der Waals surface area contributed by atoms with E-state index in [0.29, 0.717) is 0 Å². The summed E-state index contributed by atoms with van der Waals surface area (Å²) < 4.78 is 0.990. The van der Waals surface area contributed by atoms with Crippen LogP contribution in [0.15, 0.2) is 38.6 Å². The van der Waals surface area contributed by atoms with Gasteiger partial charge in [-0.15, -0.1) is 0 Å². The molecule has 0 amide bonds. The van der Waals surface area contributed by atoms with Crippen molar-refractivity contribution < 1.29 is 0 Å². The monoisotopic (exact) mass is 355 g/mol. The van der Waals surface area contributed by atoms with E-state index in [4.69, 9.17) is 23.7 Å². The quantitative estimate of drug-likeness (QED) is 0.145. The van der Waals surface area contributed by atoms with Crippen LogP contribution in [0.2, 0.25) is 0 Å². The molecule has 4 N–H and O–H groups in total. The molecule has 0 atom stereocenters. The summed E-state index contributed by atoms with van der Waals surface area (Å²) in [6.07, 6.45) is 0. The molecule has 4 aromatic rings. The standard InChI is InChI=1S/C16H9N3O3S2/c17-11-7-8(12(18)10-9(11)15(22)19(24)16(10)23)14(21)6-4-2-1-3-5(6)13(7)20/h1-4,24H,17-18H2. The van der Waals surface area contributed by atoms with Crippen LogP contribution in [0.25, 0.3) is 32.3 Å². The Bertz CT molecular complexity index is 1310. The Morgan fingerprint density at radius 2 is 1.29 bits per heavy atom. The lowest BCUT2D eigenvalue weighted by Crippen LogP contribution is -2.17. The number of nitrogens with two attached hydrogens (primary N) is 2. The van der Waals surface area contributed by atoms with Gasteiger partial charge in [-0.1, -0.05) is 49.3 Å². The summed E-state index contributed by atoms with van der Waals surface area (Å²) in [6.45, 7) is 0. The molecule has 0 fully saturated rings. The molecule has 0 aliphatic rings. The van der Waals surface area contributed by atoms with Crippen LogP contribution in [-0.2, 0) is 0 Å². The minimum Gasteiger partial charge on any atom is -0.398 e. The molecule has 0 spiro atoms. The van der Waals surface area contributed by atoms with Crippen molar-refractivity contribution in [2.45, 2.75) is 0 Å². The van der Waals surface area contributed by atoms with Crippen LogP contribution in [-0.4, -0.2) is 3.97 Å². The molecule has 0 saturated heterocycles. The van der Waals surface area contributed by atoms with Crippen molar-refractivity contribution in [3.8, 4) is 0 Å². The molecule has 4 rings (SSSR count). The van der Waals surface area contributed by atoms with Gasteiger partial charge in [0, 0.05) is 16.2 Å². The lowest BCUT2D eigenvalue weighted by Gasteiger charge is -2.08. The first kappa shape index (κ1) is 14.9. The van der Waals surface area contributed by atoms with Crippen LogP contribution in [0.4, 0.5) is 11.4 Å². The van der Waals surface area contributed by atoms with Crippen molar-refractivity contribution in [1.82, 2.24) is 3.97 Å². The van der Waals surface area contributed by atoms with E-state index in [9.17, 15) is 14.4 Å². The molecule has 3 aromatic carbocycles. The van der Waals surface area contributed by atoms with Crippen LogP contribution in [0.3, 0.4) is 0 Å². The molecule has 118 valence electrons. The molecule has 0 radical (unpaired) electrons. The summed E-state index contributed by atoms with van der Waals surface area (Å²) in [6, 6.07) is 6.40. The van der Waals surface area contributed by atoms with Gasteiger partial charge < -0.3 is 11.5 Å². The summed E-state index contributed by atoms with van der Waals surface area (Å²) in [4.78, 5) is 38.0. The Kier molecular flexibility index (Phi) is 2.88. The van der Waals surface area contributed by atoms with Gasteiger partial charge in [0.1, 0.15) is 4.64 Å². The third-order valence-corrected chi connectivity index (χ3v) is 5.16. The third kappa shape index (κ3) is 1.56. The number of aromatic nitrogens is 1. The normalized spacial score (nSPS) is 11.7. The number of benzene rings is 3. The zero-order valence-electron chi connectivity index (χ0n) is 12.0. The van der Waals surface area contributed by atoms with Crippen molar-refractivity contribution in [2.24, 2.45) is 0 Å². The summed E-state index contributed by atoms with van der Waals surface area (Å²) in [5, 5.41) is 0.632. The highest BCUT2D eigenvalue weighted by atomic mass is 32.1. The fraction of sp³-hybridized carbons (Fsp3) is 0. The fourth-order valence-electron chi connectivity index (χ4n) is 3.16. The highest BCUT2D eigenvalue weighted by Gasteiger charge is 2.23. The van der Waals surface area contributed by atoms with Crippen molar-refractivity contribution in [1.29, 1.82) is 0 Å². The van der Waals surface area contributed by atoms with Gasteiger partial charge in [0.25, 0.3) is 5.56 Å². The van der Waals surface area contributed by atoms with Gasteiger partial charge in [-0.2, -0.15) is 0 Å². The smallest absolute Gasteiger partial charge is 0.271 e. The molecule has 0 bridgehead atoms. The van der Waals surface area contributed by atoms with Gasteiger partial charge in [-0.25, -0.2) is 3.97 Å². The van der Waals surface area contributed by atoms with Crippen molar-refractivity contribution >= 4 is 68.7 Å². The van der Waals surface area contributed by atoms with Crippen LogP contribution < -0.4 is 27.9 Å². The van der Waals surface area contributed by atoms with Gasteiger partial charge in [0.2, 0.25) is 0 Å². The second-order valence-corrected chi connectivity index (χ2v) is 6.24. The maximum atomic E-state index is 12.8. The molecule has 6 nitrogen and oxygen atoms in total. The van der Waals surface area contributed by atoms with Gasteiger partial charge >= 0.3 is 0 Å². The maximum Gasteiger partial charge on any atom is 0.271 e. The number of nitrogens with zero attached hydrogens (tertiary/aromatic N) is 1. The van der Waals surface area contributed by atoms with Crippen LogP contribution in [0, 0.1) is 4.64 Å². The van der Waals surface area contributed by atoms with E-state index in [1.54, 1.807) is 24.3 Å². The fourth-order valence-corrected chi connectivity index (χ4v) is 3.65. The van der Waals surface area contributed by atoms with E-state index >= 15 is 0 Å². The van der Waals surface area contributed by atoms with Crippen LogP contribution in [0.1, 0.15) is 0 Å². The zero-order valence-corrected chi connectivity index (χ0v) is 13.7. The van der Waals surface area contributed by atoms with Gasteiger partial charge in [-0.05, 0) is 0 Å². The van der Waals surface area contributed by atoms with E-state index in [1.807, 2.05) is 0 Å². The van der Waals surface area contributed by atoms with E-state index < -0.39 is 16.4 Å². The molecule has 0 aliphatic heterocycles. The first-order valence-electron chi connectivity index (χ1n) is 6.87. The number of hydrogen-bond donors (Lipinski definition) is 3. The topological polar surface area (TPSA) is 108 Å². The molecule has 0 unspecified atom stereocenters. The predicted molar refractivity (Wildman–Crippen MR) is 102 cm³/mol. The van der Waals surface area contributed by atoms with E-state index in [2.05, 4.69) is 12.8 Å². The number of thiol groups is 1. The minimum atomic E-state index is -0.565. The van der Waals surface area contributed by atoms with Crippen molar-refractivity contribution in [2.75, 3.05) is 11.5 Å². The highest BCUT2D eigenvalue weighted by molar-refractivity contribution is 7.79. The lowest BCUT2D eigenvalue weighted by molar-refractivity contribution is 1.22. The summed E-state index contributed by atoms with van der Waals surface area (Å²) in [7, 11) is 0. The largest absolute Gasteiger partial charge is 0.398 e. The second kappa shape index (κ2) is 4.65. The number of nitrogen functional groups attached to an aromatic ring is 2. The van der Waals surface area contributed by atoms with E-state index in [-0.39, 0.29) is 48.3 Å². The molecular weight excluding hydrogens is 346 g/mol. The molecular formula is C16H9N3O3S2. The van der Waals surface area contributed by atoms with Gasteiger partial charge in [0.15, 0.2) is 10.9 Å². The first-order chi connectivity index (χ1) is 11.4. The average Bonchev–Trinajstić information content (AvgIpc) is 2.80. The van der Waals surface area contributed by atoms with E-state index in [1.165, 1.54) is 0 Å². The third-order valence-electron chi connectivity index (χ3n) is 4.26. The number of hydrogen-bond acceptors (Lipinski definition) is 7. The Balaban J connectivity index is 2.56. The van der Waals surface area contributed by atoms with Crippen LogP contribution >= 0.6 is 25.0 Å². The molecule has 1 heterocycles. The Morgan fingerprint density at radius 1 is 0.833 bits per heavy atom. The summed E-state index contributed by atoms with van der Waals surface area (Å²) in [5.41, 5.74) is 10.7. The lowest BCUT2D eigenvalue weighted by atomic mass is 9.97. The van der Waals surface area contributed by atoms with Gasteiger partial charge in [-0.3, -0.25) is 14.4 Å². The van der Waals surface area contributed by atoms with Crippen LogP contribution in [0.5, 0.6) is 0 Å². The molecule has 24 heavy (non-hydrogen) atoms. The average molecular weight is 355 g/mol. The number of fused-ring (bicyclic) bond motifs is 3. The Labute approximate surface area is 144 Å². The van der Waals surface area contributed by atoms with E-state index in [0.717, 1.165) is 3.97 Å². The first-order valence-corrected chi connectivity index (χ1v) is 7.68. The Morgan fingerprint density at radius 3 is 1.79 bits per heavy atom. The molecule has 0 saturated carbocycles. The highest BCUT2D eigenvalue weighted by Crippen LogP contribution is 2.34. The SMILES string of the molecule is Nc1c2c(=O)c3ccccc3c(=O)c2c(N)c2c(=S)n(S)c(=O)c12. The predicted octanol–water partition coefficient (Wildman–Crippen LogP) is 1.49.